The molecule has 0 atom stereocenters. The van der Waals surface area contributed by atoms with Gasteiger partial charge in [-0.2, -0.15) is 0 Å². The molecule has 1 saturated carbocycles. The van der Waals surface area contributed by atoms with Gasteiger partial charge in [0, 0.05) is 16.9 Å². The maximum atomic E-state index is 8.56. The van der Waals surface area contributed by atoms with E-state index in [2.05, 4.69) is 5.16 Å². The van der Waals surface area contributed by atoms with E-state index < -0.39 is 0 Å². The van der Waals surface area contributed by atoms with Gasteiger partial charge in [0.2, 0.25) is 0 Å². The van der Waals surface area contributed by atoms with Gasteiger partial charge < -0.3 is 15.7 Å². The summed E-state index contributed by atoms with van der Waals surface area (Å²) in [4.78, 5) is 0. The maximum absolute atomic E-state index is 8.56. The van der Waals surface area contributed by atoms with Gasteiger partial charge in [-0.15, -0.1) is 0 Å². The summed E-state index contributed by atoms with van der Waals surface area (Å²) in [7, 11) is 0. The van der Waals surface area contributed by atoms with Crippen molar-refractivity contribution in [3.8, 4) is 0 Å². The van der Waals surface area contributed by atoms with Crippen LogP contribution in [0.25, 0.3) is 0 Å². The van der Waals surface area contributed by atoms with E-state index in [1.165, 1.54) is 0 Å². The Morgan fingerprint density at radius 2 is 2.06 bits per heavy atom. The predicted molar refractivity (Wildman–Crippen MR) is 70.8 cm³/mol. The second-order valence-electron chi connectivity index (χ2n) is 4.89. The second kappa shape index (κ2) is 5.59. The van der Waals surface area contributed by atoms with Crippen molar-refractivity contribution in [3.05, 3.63) is 34.9 Å². The van der Waals surface area contributed by atoms with Crippen molar-refractivity contribution in [2.45, 2.75) is 25.9 Å². The largest absolute Gasteiger partial charge is 0.409 e. The van der Waals surface area contributed by atoms with E-state index in [-0.39, 0.29) is 11.3 Å². The molecule has 0 aromatic heterocycles. The van der Waals surface area contributed by atoms with Crippen molar-refractivity contribution in [2.24, 2.45) is 16.3 Å². The smallest absolute Gasteiger partial charge is 0.139 e. The van der Waals surface area contributed by atoms with Crippen LogP contribution in [0.2, 0.25) is 5.02 Å². The number of amidine groups is 1. The number of hydrogen-bond donors (Lipinski definition) is 2. The molecular weight excluding hydrogens is 252 g/mol. The molecule has 1 aliphatic rings. The average Bonchev–Trinajstić information content (AvgIpc) is 3.11. The van der Waals surface area contributed by atoms with Gasteiger partial charge in [-0.05, 0) is 30.5 Å². The third-order valence-electron chi connectivity index (χ3n) is 3.23. The SMILES string of the molecule is NC(CC1(COCc2ccc(Cl)cc2)CC1)=NO. The first kappa shape index (κ1) is 13.2. The Morgan fingerprint density at radius 3 is 2.61 bits per heavy atom. The molecule has 0 aliphatic heterocycles. The molecule has 0 heterocycles. The fourth-order valence-electron chi connectivity index (χ4n) is 1.93. The average molecular weight is 269 g/mol. The standard InChI is InChI=1S/C13H17ClN2O2/c14-11-3-1-10(2-4-11)8-18-9-13(5-6-13)7-12(15)16-17/h1-4,17H,5-9H2,(H2,15,16). The van der Waals surface area contributed by atoms with Crippen molar-refractivity contribution < 1.29 is 9.94 Å². The zero-order valence-electron chi connectivity index (χ0n) is 10.1. The monoisotopic (exact) mass is 268 g/mol. The van der Waals surface area contributed by atoms with Crippen LogP contribution in [0.4, 0.5) is 0 Å². The van der Waals surface area contributed by atoms with Crippen LogP contribution in [0.5, 0.6) is 0 Å². The van der Waals surface area contributed by atoms with E-state index >= 15 is 0 Å². The minimum absolute atomic E-state index is 0.0861. The number of nitrogens with two attached hydrogens (primary N) is 1. The summed E-state index contributed by atoms with van der Waals surface area (Å²) < 4.78 is 5.70. The maximum Gasteiger partial charge on any atom is 0.139 e. The second-order valence-corrected chi connectivity index (χ2v) is 5.32. The lowest BCUT2D eigenvalue weighted by Crippen LogP contribution is -2.21. The van der Waals surface area contributed by atoms with E-state index in [1.807, 2.05) is 24.3 Å². The summed E-state index contributed by atoms with van der Waals surface area (Å²) in [6.07, 6.45) is 2.75. The third kappa shape index (κ3) is 3.62. The van der Waals surface area contributed by atoms with Crippen LogP contribution < -0.4 is 5.73 Å². The van der Waals surface area contributed by atoms with Crippen molar-refractivity contribution in [1.29, 1.82) is 0 Å². The Balaban J connectivity index is 1.77. The van der Waals surface area contributed by atoms with Gasteiger partial charge in [0.1, 0.15) is 5.84 Å². The van der Waals surface area contributed by atoms with Gasteiger partial charge in [-0.25, -0.2) is 0 Å². The number of nitrogens with zero attached hydrogens (tertiary/aromatic N) is 1. The van der Waals surface area contributed by atoms with Gasteiger partial charge in [0.05, 0.1) is 13.2 Å². The lowest BCUT2D eigenvalue weighted by atomic mass is 10.0. The lowest BCUT2D eigenvalue weighted by molar-refractivity contribution is 0.0800. The molecule has 0 radical (unpaired) electrons. The van der Waals surface area contributed by atoms with Crippen LogP contribution in [0.15, 0.2) is 29.4 Å². The Hall–Kier alpha value is -1.26. The molecule has 1 fully saturated rings. The summed E-state index contributed by atoms with van der Waals surface area (Å²) in [5, 5.41) is 12.3. The summed E-state index contributed by atoms with van der Waals surface area (Å²) in [5.74, 6) is 0.280. The first-order valence-electron chi connectivity index (χ1n) is 5.92. The highest BCUT2D eigenvalue weighted by atomic mass is 35.5. The van der Waals surface area contributed by atoms with Crippen molar-refractivity contribution in [2.75, 3.05) is 6.61 Å². The minimum Gasteiger partial charge on any atom is -0.409 e. The Labute approximate surface area is 111 Å². The van der Waals surface area contributed by atoms with Gasteiger partial charge in [0.15, 0.2) is 0 Å². The minimum atomic E-state index is 0.0861. The van der Waals surface area contributed by atoms with Crippen LogP contribution in [-0.4, -0.2) is 17.6 Å². The van der Waals surface area contributed by atoms with Crippen molar-refractivity contribution in [3.63, 3.8) is 0 Å². The predicted octanol–water partition coefficient (Wildman–Crippen LogP) is 2.77. The number of halogens is 1. The van der Waals surface area contributed by atoms with Crippen LogP contribution in [0.3, 0.4) is 0 Å². The van der Waals surface area contributed by atoms with Gasteiger partial charge >= 0.3 is 0 Å². The first-order chi connectivity index (χ1) is 8.63. The molecule has 5 heteroatoms. The number of oxime groups is 1. The van der Waals surface area contributed by atoms with E-state index in [0.29, 0.717) is 19.6 Å². The summed E-state index contributed by atoms with van der Waals surface area (Å²) >= 11 is 5.81. The third-order valence-corrected chi connectivity index (χ3v) is 3.48. The summed E-state index contributed by atoms with van der Waals surface area (Å²) in [6.45, 7) is 1.21. The quantitative estimate of drug-likeness (QED) is 0.361. The first-order valence-corrected chi connectivity index (χ1v) is 6.30. The number of ether oxygens (including phenoxy) is 1. The van der Waals surface area contributed by atoms with Crippen molar-refractivity contribution >= 4 is 17.4 Å². The molecule has 98 valence electrons. The summed E-state index contributed by atoms with van der Waals surface area (Å²) in [5.41, 5.74) is 6.71. The fourth-order valence-corrected chi connectivity index (χ4v) is 2.06. The van der Waals surface area contributed by atoms with Crippen LogP contribution in [0, 0.1) is 5.41 Å². The fraction of sp³-hybridized carbons (Fsp3) is 0.462. The number of benzene rings is 1. The molecule has 0 saturated heterocycles. The molecule has 0 amide bonds. The van der Waals surface area contributed by atoms with E-state index in [9.17, 15) is 0 Å². The highest BCUT2D eigenvalue weighted by Gasteiger charge is 2.43. The molecule has 1 aromatic carbocycles. The van der Waals surface area contributed by atoms with E-state index in [4.69, 9.17) is 27.3 Å². The van der Waals surface area contributed by atoms with Crippen molar-refractivity contribution in [1.82, 2.24) is 0 Å². The van der Waals surface area contributed by atoms with Gasteiger partial charge in [0.25, 0.3) is 0 Å². The molecule has 1 aromatic rings. The lowest BCUT2D eigenvalue weighted by Gasteiger charge is -2.14. The zero-order chi connectivity index (χ0) is 13.0. The molecular formula is C13H17ClN2O2. The molecule has 4 nitrogen and oxygen atoms in total. The highest BCUT2D eigenvalue weighted by molar-refractivity contribution is 6.30. The van der Waals surface area contributed by atoms with Crippen LogP contribution in [-0.2, 0) is 11.3 Å². The highest BCUT2D eigenvalue weighted by Crippen LogP contribution is 2.49. The number of hydrogen-bond acceptors (Lipinski definition) is 3. The zero-order valence-corrected chi connectivity index (χ0v) is 10.9. The molecule has 3 N–H and O–H groups in total. The van der Waals surface area contributed by atoms with Gasteiger partial charge in [-0.1, -0.05) is 28.9 Å². The molecule has 0 spiro atoms. The van der Waals surface area contributed by atoms with Crippen LogP contribution >= 0.6 is 11.6 Å². The molecule has 0 unspecified atom stereocenters. The van der Waals surface area contributed by atoms with Crippen LogP contribution in [0.1, 0.15) is 24.8 Å². The molecule has 2 rings (SSSR count). The Morgan fingerprint density at radius 1 is 1.39 bits per heavy atom. The topological polar surface area (TPSA) is 67.8 Å². The van der Waals surface area contributed by atoms with E-state index in [1.54, 1.807) is 0 Å². The normalized spacial score (nSPS) is 17.7. The Kier molecular flexibility index (Phi) is 4.09. The van der Waals surface area contributed by atoms with E-state index in [0.717, 1.165) is 23.4 Å². The Bertz CT molecular complexity index is 427. The van der Waals surface area contributed by atoms with Gasteiger partial charge in [-0.3, -0.25) is 0 Å². The molecule has 0 bridgehead atoms. The molecule has 1 aliphatic carbocycles. The number of rotatable bonds is 6. The summed E-state index contributed by atoms with van der Waals surface area (Å²) in [6, 6.07) is 7.60. The molecule has 18 heavy (non-hydrogen) atoms.